The van der Waals surface area contributed by atoms with Crippen molar-refractivity contribution < 1.29 is 22.6 Å². The number of halogens is 4. The quantitative estimate of drug-likeness (QED) is 0.793. The number of nitrogens with zero attached hydrogens (tertiary/aromatic N) is 1. The summed E-state index contributed by atoms with van der Waals surface area (Å²) in [6.07, 6.45) is -4.70. The number of benzene rings is 1. The van der Waals surface area contributed by atoms with E-state index in [0.29, 0.717) is 16.6 Å². The summed E-state index contributed by atoms with van der Waals surface area (Å²) in [6.45, 7) is 0.167. The zero-order valence-electron chi connectivity index (χ0n) is 10.0. The van der Waals surface area contributed by atoms with Crippen molar-refractivity contribution in [2.45, 2.75) is 13.0 Å². The van der Waals surface area contributed by atoms with Crippen LogP contribution in [0.15, 0.2) is 42.5 Å². The molecule has 106 valence electrons. The molecule has 1 aromatic heterocycles. The molecule has 1 heterocycles. The second kappa shape index (κ2) is 6.00. The van der Waals surface area contributed by atoms with Crippen molar-refractivity contribution in [2.24, 2.45) is 0 Å². The Morgan fingerprint density at radius 3 is 2.25 bits per heavy atom. The standard InChI is InChI=1S/C13H9ClF3NO2/c14-12-3-1-2-9(18-12)8-19-10-4-6-11(7-5-10)20-13(15,16)17/h1-7H,8H2. The van der Waals surface area contributed by atoms with Gasteiger partial charge >= 0.3 is 6.36 Å². The summed E-state index contributed by atoms with van der Waals surface area (Å²) in [4.78, 5) is 4.02. The Kier molecular flexibility index (Phi) is 4.34. The van der Waals surface area contributed by atoms with Gasteiger partial charge in [0.2, 0.25) is 0 Å². The zero-order valence-corrected chi connectivity index (χ0v) is 10.8. The average molecular weight is 304 g/mol. The lowest BCUT2D eigenvalue weighted by molar-refractivity contribution is -0.274. The predicted octanol–water partition coefficient (Wildman–Crippen LogP) is 4.21. The van der Waals surface area contributed by atoms with Gasteiger partial charge in [0.05, 0.1) is 5.69 Å². The average Bonchev–Trinajstić information content (AvgIpc) is 2.36. The lowest BCUT2D eigenvalue weighted by Gasteiger charge is -2.10. The maximum absolute atomic E-state index is 12.0. The van der Waals surface area contributed by atoms with Crippen LogP contribution in [0.5, 0.6) is 11.5 Å². The van der Waals surface area contributed by atoms with Gasteiger partial charge in [0, 0.05) is 0 Å². The van der Waals surface area contributed by atoms with E-state index < -0.39 is 6.36 Å². The van der Waals surface area contributed by atoms with Crippen LogP contribution in [0.2, 0.25) is 5.15 Å². The van der Waals surface area contributed by atoms with Crippen LogP contribution in [0.1, 0.15) is 5.69 Å². The fourth-order valence-electron chi connectivity index (χ4n) is 1.43. The third kappa shape index (κ3) is 4.62. The highest BCUT2D eigenvalue weighted by Crippen LogP contribution is 2.25. The van der Waals surface area contributed by atoms with Crippen molar-refractivity contribution in [1.29, 1.82) is 0 Å². The lowest BCUT2D eigenvalue weighted by Crippen LogP contribution is -2.16. The molecule has 0 N–H and O–H groups in total. The van der Waals surface area contributed by atoms with Crippen LogP contribution in [0, 0.1) is 0 Å². The molecular weight excluding hydrogens is 295 g/mol. The molecule has 0 unspecified atom stereocenters. The van der Waals surface area contributed by atoms with Gasteiger partial charge in [-0.3, -0.25) is 0 Å². The number of alkyl halides is 3. The molecule has 7 heteroatoms. The van der Waals surface area contributed by atoms with Crippen LogP contribution in [0.4, 0.5) is 13.2 Å². The Morgan fingerprint density at radius 2 is 1.65 bits per heavy atom. The number of hydrogen-bond donors (Lipinski definition) is 0. The largest absolute Gasteiger partial charge is 0.573 e. The molecule has 0 radical (unpaired) electrons. The molecule has 2 rings (SSSR count). The number of ether oxygens (including phenoxy) is 2. The smallest absolute Gasteiger partial charge is 0.487 e. The molecule has 3 nitrogen and oxygen atoms in total. The summed E-state index contributed by atoms with van der Waals surface area (Å²) in [6, 6.07) is 10.2. The van der Waals surface area contributed by atoms with Crippen molar-refractivity contribution >= 4 is 11.6 Å². The summed E-state index contributed by atoms with van der Waals surface area (Å²) in [5.41, 5.74) is 0.619. The van der Waals surface area contributed by atoms with Gasteiger partial charge in [-0.2, -0.15) is 0 Å². The highest BCUT2D eigenvalue weighted by atomic mass is 35.5. The summed E-state index contributed by atoms with van der Waals surface area (Å²) in [5.74, 6) is 0.104. The van der Waals surface area contributed by atoms with Gasteiger partial charge in [-0.1, -0.05) is 17.7 Å². The molecule has 0 fully saturated rings. The molecule has 0 saturated heterocycles. The second-order valence-corrected chi connectivity index (χ2v) is 4.15. The zero-order chi connectivity index (χ0) is 14.6. The van der Waals surface area contributed by atoms with E-state index in [1.54, 1.807) is 18.2 Å². The van der Waals surface area contributed by atoms with Crippen molar-refractivity contribution in [3.05, 3.63) is 53.3 Å². The van der Waals surface area contributed by atoms with E-state index in [1.165, 1.54) is 24.3 Å². The highest BCUT2D eigenvalue weighted by molar-refractivity contribution is 6.29. The van der Waals surface area contributed by atoms with Crippen LogP contribution >= 0.6 is 11.6 Å². The molecule has 20 heavy (non-hydrogen) atoms. The van der Waals surface area contributed by atoms with Gasteiger partial charge in [-0.05, 0) is 36.4 Å². The minimum absolute atomic E-state index is 0.167. The van der Waals surface area contributed by atoms with E-state index in [2.05, 4.69) is 9.72 Å². The molecule has 1 aromatic carbocycles. The van der Waals surface area contributed by atoms with E-state index in [1.807, 2.05) is 0 Å². The Morgan fingerprint density at radius 1 is 1.00 bits per heavy atom. The maximum Gasteiger partial charge on any atom is 0.573 e. The summed E-state index contributed by atoms with van der Waals surface area (Å²) in [5, 5.41) is 0.347. The molecule has 0 aliphatic carbocycles. The first kappa shape index (κ1) is 14.5. The van der Waals surface area contributed by atoms with E-state index in [0.717, 1.165) is 0 Å². The first-order valence-electron chi connectivity index (χ1n) is 5.52. The lowest BCUT2D eigenvalue weighted by atomic mass is 10.3. The van der Waals surface area contributed by atoms with Crippen LogP contribution in [0.25, 0.3) is 0 Å². The van der Waals surface area contributed by atoms with Gasteiger partial charge in [0.25, 0.3) is 0 Å². The van der Waals surface area contributed by atoms with Crippen molar-refractivity contribution in [3.63, 3.8) is 0 Å². The molecular formula is C13H9ClF3NO2. The van der Waals surface area contributed by atoms with E-state index in [-0.39, 0.29) is 12.4 Å². The van der Waals surface area contributed by atoms with E-state index >= 15 is 0 Å². The Hall–Kier alpha value is -1.95. The van der Waals surface area contributed by atoms with Crippen LogP contribution < -0.4 is 9.47 Å². The van der Waals surface area contributed by atoms with E-state index in [4.69, 9.17) is 16.3 Å². The Labute approximate surface area is 117 Å². The summed E-state index contributed by atoms with van der Waals surface area (Å²) >= 11 is 5.72. The number of aromatic nitrogens is 1. The van der Waals surface area contributed by atoms with E-state index in [9.17, 15) is 13.2 Å². The second-order valence-electron chi connectivity index (χ2n) is 3.76. The highest BCUT2D eigenvalue weighted by Gasteiger charge is 2.30. The normalized spacial score (nSPS) is 11.2. The molecule has 0 saturated carbocycles. The minimum atomic E-state index is -4.70. The monoisotopic (exact) mass is 303 g/mol. The molecule has 0 amide bonds. The number of hydrogen-bond acceptors (Lipinski definition) is 3. The van der Waals surface area contributed by atoms with Crippen LogP contribution in [-0.4, -0.2) is 11.3 Å². The van der Waals surface area contributed by atoms with Crippen molar-refractivity contribution in [1.82, 2.24) is 4.98 Å². The van der Waals surface area contributed by atoms with Crippen molar-refractivity contribution in [3.8, 4) is 11.5 Å². The fourth-order valence-corrected chi connectivity index (χ4v) is 1.61. The molecule has 0 aliphatic rings. The predicted molar refractivity (Wildman–Crippen MR) is 66.7 cm³/mol. The van der Waals surface area contributed by atoms with Gasteiger partial charge in [-0.15, -0.1) is 13.2 Å². The first-order chi connectivity index (χ1) is 9.42. The van der Waals surface area contributed by atoms with Gasteiger partial charge in [0.15, 0.2) is 0 Å². The Balaban J connectivity index is 1.94. The Bertz CT molecular complexity index is 573. The summed E-state index contributed by atoms with van der Waals surface area (Å²) in [7, 11) is 0. The maximum atomic E-state index is 12.0. The topological polar surface area (TPSA) is 31.4 Å². The fraction of sp³-hybridized carbons (Fsp3) is 0.154. The molecule has 2 aromatic rings. The number of pyridine rings is 1. The SMILES string of the molecule is FC(F)(F)Oc1ccc(OCc2cccc(Cl)n2)cc1. The third-order valence-electron chi connectivity index (χ3n) is 2.22. The molecule has 0 aliphatic heterocycles. The number of rotatable bonds is 4. The van der Waals surface area contributed by atoms with Crippen molar-refractivity contribution in [2.75, 3.05) is 0 Å². The van der Waals surface area contributed by atoms with Crippen LogP contribution in [-0.2, 0) is 6.61 Å². The third-order valence-corrected chi connectivity index (χ3v) is 2.43. The van der Waals surface area contributed by atoms with Crippen LogP contribution in [0.3, 0.4) is 0 Å². The van der Waals surface area contributed by atoms with Gasteiger partial charge < -0.3 is 9.47 Å². The van der Waals surface area contributed by atoms with Gasteiger partial charge in [0.1, 0.15) is 23.3 Å². The minimum Gasteiger partial charge on any atom is -0.487 e. The molecule has 0 atom stereocenters. The molecule has 0 spiro atoms. The molecule has 0 bridgehead atoms. The van der Waals surface area contributed by atoms with Gasteiger partial charge in [-0.25, -0.2) is 4.98 Å². The summed E-state index contributed by atoms with van der Waals surface area (Å²) < 4.78 is 45.0. The first-order valence-corrected chi connectivity index (χ1v) is 5.90.